The highest BCUT2D eigenvalue weighted by Crippen LogP contribution is 2.33. The number of carbonyl (C=O) groups is 1. The van der Waals surface area contributed by atoms with Crippen molar-refractivity contribution < 1.29 is 4.79 Å². The normalized spacial score (nSPS) is 23.4. The SMILES string of the molecule is CNC(C)c1ccc(Br)cc1N1CCN2C(=O)CCC2C1. The summed E-state index contributed by atoms with van der Waals surface area (Å²) in [4.78, 5) is 16.3. The van der Waals surface area contributed by atoms with E-state index in [9.17, 15) is 4.79 Å². The third-order valence-electron chi connectivity index (χ3n) is 4.73. The van der Waals surface area contributed by atoms with E-state index in [4.69, 9.17) is 0 Å². The zero-order valence-electron chi connectivity index (χ0n) is 12.6. The van der Waals surface area contributed by atoms with Crippen LogP contribution < -0.4 is 10.2 Å². The van der Waals surface area contributed by atoms with Crippen LogP contribution in [-0.2, 0) is 4.79 Å². The van der Waals surface area contributed by atoms with Gasteiger partial charge in [0.05, 0.1) is 0 Å². The number of fused-ring (bicyclic) bond motifs is 1. The van der Waals surface area contributed by atoms with Gasteiger partial charge in [0.25, 0.3) is 0 Å². The van der Waals surface area contributed by atoms with Gasteiger partial charge in [-0.1, -0.05) is 22.0 Å². The maximum Gasteiger partial charge on any atom is 0.223 e. The molecule has 4 nitrogen and oxygen atoms in total. The molecule has 0 saturated carbocycles. The number of anilines is 1. The molecule has 1 aromatic rings. The van der Waals surface area contributed by atoms with Gasteiger partial charge in [-0.05, 0) is 38.1 Å². The Bertz CT molecular complexity index is 548. The predicted molar refractivity (Wildman–Crippen MR) is 88.6 cm³/mol. The minimum Gasteiger partial charge on any atom is -0.367 e. The zero-order valence-corrected chi connectivity index (χ0v) is 14.2. The summed E-state index contributed by atoms with van der Waals surface area (Å²) in [6.45, 7) is 4.90. The van der Waals surface area contributed by atoms with Crippen molar-refractivity contribution in [1.29, 1.82) is 0 Å². The van der Waals surface area contributed by atoms with Crippen LogP contribution in [0.15, 0.2) is 22.7 Å². The maximum absolute atomic E-state index is 11.8. The maximum atomic E-state index is 11.8. The average Bonchev–Trinajstić information content (AvgIpc) is 2.87. The highest BCUT2D eigenvalue weighted by Gasteiger charge is 2.36. The molecular weight excluding hydrogens is 330 g/mol. The van der Waals surface area contributed by atoms with E-state index in [1.54, 1.807) is 0 Å². The molecule has 1 N–H and O–H groups in total. The fourth-order valence-corrected chi connectivity index (χ4v) is 3.74. The van der Waals surface area contributed by atoms with E-state index >= 15 is 0 Å². The van der Waals surface area contributed by atoms with Gasteiger partial charge in [0.2, 0.25) is 5.91 Å². The number of nitrogens with zero attached hydrogens (tertiary/aromatic N) is 2. The summed E-state index contributed by atoms with van der Waals surface area (Å²) in [7, 11) is 1.99. The molecule has 2 fully saturated rings. The molecule has 0 bridgehead atoms. The van der Waals surface area contributed by atoms with Crippen LogP contribution in [0, 0.1) is 0 Å². The molecular formula is C16H22BrN3O. The number of rotatable bonds is 3. The highest BCUT2D eigenvalue weighted by molar-refractivity contribution is 9.10. The second-order valence-electron chi connectivity index (χ2n) is 5.94. The first-order valence-electron chi connectivity index (χ1n) is 7.61. The van der Waals surface area contributed by atoms with E-state index in [-0.39, 0.29) is 0 Å². The van der Waals surface area contributed by atoms with E-state index in [1.807, 2.05) is 7.05 Å². The molecule has 2 saturated heterocycles. The minimum absolute atomic E-state index is 0.316. The summed E-state index contributed by atoms with van der Waals surface area (Å²) in [5, 5.41) is 3.33. The topological polar surface area (TPSA) is 35.6 Å². The number of benzene rings is 1. The van der Waals surface area contributed by atoms with Gasteiger partial charge in [0.15, 0.2) is 0 Å². The van der Waals surface area contributed by atoms with Gasteiger partial charge < -0.3 is 15.1 Å². The van der Waals surface area contributed by atoms with Crippen LogP contribution in [0.4, 0.5) is 5.69 Å². The molecule has 0 aliphatic carbocycles. The number of amides is 1. The van der Waals surface area contributed by atoms with Crippen molar-refractivity contribution in [2.24, 2.45) is 0 Å². The van der Waals surface area contributed by atoms with E-state index < -0.39 is 0 Å². The van der Waals surface area contributed by atoms with E-state index in [0.717, 1.165) is 36.9 Å². The second-order valence-corrected chi connectivity index (χ2v) is 6.85. The molecule has 114 valence electrons. The quantitative estimate of drug-likeness (QED) is 0.908. The number of hydrogen-bond donors (Lipinski definition) is 1. The number of hydrogen-bond acceptors (Lipinski definition) is 3. The van der Waals surface area contributed by atoms with Gasteiger partial charge in [-0.3, -0.25) is 4.79 Å². The second kappa shape index (κ2) is 5.97. The lowest BCUT2D eigenvalue weighted by molar-refractivity contribution is -0.129. The van der Waals surface area contributed by atoms with Crippen LogP contribution in [0.2, 0.25) is 0 Å². The first-order valence-corrected chi connectivity index (χ1v) is 8.40. The molecule has 5 heteroatoms. The van der Waals surface area contributed by atoms with Crippen LogP contribution in [0.3, 0.4) is 0 Å². The van der Waals surface area contributed by atoms with Crippen molar-refractivity contribution >= 4 is 27.5 Å². The monoisotopic (exact) mass is 351 g/mol. The van der Waals surface area contributed by atoms with Gasteiger partial charge >= 0.3 is 0 Å². The van der Waals surface area contributed by atoms with Crippen molar-refractivity contribution in [2.75, 3.05) is 31.6 Å². The smallest absolute Gasteiger partial charge is 0.223 e. The molecule has 2 atom stereocenters. The van der Waals surface area contributed by atoms with Gasteiger partial charge in [0, 0.05) is 48.3 Å². The Balaban J connectivity index is 1.87. The zero-order chi connectivity index (χ0) is 15.0. The van der Waals surface area contributed by atoms with Crippen LogP contribution >= 0.6 is 15.9 Å². The Labute approximate surface area is 134 Å². The number of piperazine rings is 1. The number of carbonyl (C=O) groups excluding carboxylic acids is 1. The minimum atomic E-state index is 0.316. The largest absolute Gasteiger partial charge is 0.367 e. The van der Waals surface area contributed by atoms with Crippen LogP contribution in [0.25, 0.3) is 0 Å². The Kier molecular flexibility index (Phi) is 4.22. The molecule has 21 heavy (non-hydrogen) atoms. The molecule has 0 spiro atoms. The Hall–Kier alpha value is -1.07. The average molecular weight is 352 g/mol. The predicted octanol–water partition coefficient (Wildman–Crippen LogP) is 2.54. The van der Waals surface area contributed by atoms with Gasteiger partial charge in [-0.2, -0.15) is 0 Å². The first kappa shape index (κ1) is 14.9. The molecule has 2 aliphatic heterocycles. The standard InChI is InChI=1S/C16H22BrN3O/c1-11(18-2)14-5-3-12(17)9-15(14)19-7-8-20-13(10-19)4-6-16(20)21/h3,5,9,11,13,18H,4,6-8,10H2,1-2H3. The van der Waals surface area contributed by atoms with Crippen molar-refractivity contribution in [3.63, 3.8) is 0 Å². The molecule has 1 aromatic carbocycles. The van der Waals surface area contributed by atoms with Crippen molar-refractivity contribution in [2.45, 2.75) is 31.8 Å². The summed E-state index contributed by atoms with van der Waals surface area (Å²) in [6.07, 6.45) is 1.72. The Morgan fingerprint density at radius 2 is 2.19 bits per heavy atom. The van der Waals surface area contributed by atoms with Gasteiger partial charge in [0.1, 0.15) is 0 Å². The number of nitrogens with one attached hydrogen (secondary N) is 1. The summed E-state index contributed by atoms with van der Waals surface area (Å²) < 4.78 is 1.11. The van der Waals surface area contributed by atoms with Crippen molar-refractivity contribution in [3.8, 4) is 0 Å². The third kappa shape index (κ3) is 2.81. The van der Waals surface area contributed by atoms with E-state index in [2.05, 4.69) is 56.2 Å². The molecule has 3 rings (SSSR count). The Morgan fingerprint density at radius 1 is 1.38 bits per heavy atom. The van der Waals surface area contributed by atoms with Crippen LogP contribution in [0.1, 0.15) is 31.4 Å². The fraction of sp³-hybridized carbons (Fsp3) is 0.562. The van der Waals surface area contributed by atoms with E-state index in [1.165, 1.54) is 11.3 Å². The van der Waals surface area contributed by atoms with Gasteiger partial charge in [-0.25, -0.2) is 0 Å². The van der Waals surface area contributed by atoms with Crippen molar-refractivity contribution in [3.05, 3.63) is 28.2 Å². The fourth-order valence-electron chi connectivity index (χ4n) is 3.40. The van der Waals surface area contributed by atoms with Crippen LogP contribution in [-0.4, -0.2) is 43.5 Å². The summed E-state index contributed by atoms with van der Waals surface area (Å²) in [6, 6.07) is 7.20. The molecule has 0 radical (unpaired) electrons. The highest BCUT2D eigenvalue weighted by atomic mass is 79.9. The van der Waals surface area contributed by atoms with Gasteiger partial charge in [-0.15, -0.1) is 0 Å². The first-order chi connectivity index (χ1) is 10.1. The van der Waals surface area contributed by atoms with Crippen LogP contribution in [0.5, 0.6) is 0 Å². The summed E-state index contributed by atoms with van der Waals surface area (Å²) >= 11 is 3.59. The number of halogens is 1. The van der Waals surface area contributed by atoms with Crippen molar-refractivity contribution in [1.82, 2.24) is 10.2 Å². The summed E-state index contributed by atoms with van der Waals surface area (Å²) in [5.74, 6) is 0.331. The third-order valence-corrected chi connectivity index (χ3v) is 5.22. The lowest BCUT2D eigenvalue weighted by Gasteiger charge is -2.40. The molecule has 2 aliphatic rings. The van der Waals surface area contributed by atoms with E-state index in [0.29, 0.717) is 18.0 Å². The lowest BCUT2D eigenvalue weighted by atomic mass is 10.0. The molecule has 0 aromatic heterocycles. The molecule has 2 unspecified atom stereocenters. The Morgan fingerprint density at radius 3 is 2.95 bits per heavy atom. The lowest BCUT2D eigenvalue weighted by Crippen LogP contribution is -2.51. The molecule has 1 amide bonds. The molecule has 2 heterocycles. The summed E-state index contributed by atoms with van der Waals surface area (Å²) in [5.41, 5.74) is 2.60.